The maximum Gasteiger partial charge on any atom is 0.0531 e. The summed E-state index contributed by atoms with van der Waals surface area (Å²) in [7, 11) is 2.73. The molecule has 0 fully saturated rings. The van der Waals surface area contributed by atoms with E-state index in [0.29, 0.717) is 0 Å². The van der Waals surface area contributed by atoms with Crippen molar-refractivity contribution in [2.45, 2.75) is 33.1 Å². The third-order valence-electron chi connectivity index (χ3n) is 1.78. The summed E-state index contributed by atoms with van der Waals surface area (Å²) in [5.41, 5.74) is 2.40. The molecule has 1 aromatic heterocycles. The van der Waals surface area contributed by atoms with E-state index in [1.54, 1.807) is 0 Å². The summed E-state index contributed by atoms with van der Waals surface area (Å²) in [6, 6.07) is 4.14. The lowest BCUT2D eigenvalue weighted by atomic mass is 9.91. The minimum Gasteiger partial charge on any atom is -0.257 e. The number of nitrogens with zero attached hydrogens (tertiary/aromatic N) is 1. The van der Waals surface area contributed by atoms with Crippen molar-refractivity contribution in [2.75, 3.05) is 0 Å². The van der Waals surface area contributed by atoms with E-state index in [0.717, 1.165) is 5.69 Å². The normalized spacial score (nSPS) is 11.8. The average Bonchev–Trinajstić information content (AvgIpc) is 1.92. The molecule has 0 aliphatic carbocycles. The molecular formula is C10H16NP. The van der Waals surface area contributed by atoms with Crippen LogP contribution in [0.1, 0.15) is 32.2 Å². The molecule has 12 heavy (non-hydrogen) atoms. The molecule has 0 saturated heterocycles. The molecule has 1 atom stereocenters. The van der Waals surface area contributed by atoms with Crippen LogP contribution in [0.15, 0.2) is 12.1 Å². The van der Waals surface area contributed by atoms with Gasteiger partial charge in [-0.25, -0.2) is 0 Å². The van der Waals surface area contributed by atoms with Gasteiger partial charge < -0.3 is 0 Å². The number of hydrogen-bond donors (Lipinski definition) is 0. The zero-order chi connectivity index (χ0) is 9.35. The maximum absolute atomic E-state index is 4.52. The van der Waals surface area contributed by atoms with Gasteiger partial charge in [0.25, 0.3) is 0 Å². The van der Waals surface area contributed by atoms with E-state index in [2.05, 4.69) is 41.1 Å². The number of aromatic nitrogens is 1. The second kappa shape index (κ2) is 3.14. The van der Waals surface area contributed by atoms with Gasteiger partial charge in [-0.2, -0.15) is 0 Å². The first-order valence-corrected chi connectivity index (χ1v) is 4.72. The molecule has 1 nitrogen and oxygen atoms in total. The van der Waals surface area contributed by atoms with Crippen LogP contribution in [0, 0.1) is 6.92 Å². The third-order valence-corrected chi connectivity index (χ3v) is 2.24. The topological polar surface area (TPSA) is 12.9 Å². The van der Waals surface area contributed by atoms with Gasteiger partial charge in [0, 0.05) is 11.1 Å². The minimum atomic E-state index is 0.142. The molecule has 1 unspecified atom stereocenters. The van der Waals surface area contributed by atoms with E-state index in [1.165, 1.54) is 11.0 Å². The molecule has 0 aromatic carbocycles. The Morgan fingerprint density at radius 2 is 1.83 bits per heavy atom. The molecule has 2 heteroatoms. The quantitative estimate of drug-likeness (QED) is 0.559. The van der Waals surface area contributed by atoms with E-state index in [9.17, 15) is 0 Å². The number of hydrogen-bond acceptors (Lipinski definition) is 1. The fourth-order valence-corrected chi connectivity index (χ4v) is 1.76. The maximum atomic E-state index is 4.52. The van der Waals surface area contributed by atoms with Gasteiger partial charge in [-0.1, -0.05) is 26.8 Å². The van der Waals surface area contributed by atoms with Gasteiger partial charge in [-0.05, 0) is 18.3 Å². The number of aryl methyl sites for hydroxylation is 1. The molecule has 0 aliphatic heterocycles. The van der Waals surface area contributed by atoms with Crippen LogP contribution in [0.4, 0.5) is 0 Å². The van der Waals surface area contributed by atoms with Gasteiger partial charge in [0.1, 0.15) is 0 Å². The highest BCUT2D eigenvalue weighted by Crippen LogP contribution is 2.19. The fraction of sp³-hybridized carbons (Fsp3) is 0.500. The fourth-order valence-electron chi connectivity index (χ4n) is 1.17. The molecule has 0 N–H and O–H groups in total. The Kier molecular flexibility index (Phi) is 2.53. The Morgan fingerprint density at radius 3 is 2.25 bits per heavy atom. The van der Waals surface area contributed by atoms with E-state index in [-0.39, 0.29) is 5.41 Å². The Labute approximate surface area is 76.8 Å². The van der Waals surface area contributed by atoms with Gasteiger partial charge in [0.05, 0.1) is 5.69 Å². The van der Waals surface area contributed by atoms with Crippen LogP contribution in [0.2, 0.25) is 0 Å². The first kappa shape index (κ1) is 9.67. The van der Waals surface area contributed by atoms with Crippen molar-refractivity contribution in [3.8, 4) is 0 Å². The van der Waals surface area contributed by atoms with Crippen LogP contribution in [-0.2, 0) is 5.41 Å². The molecule has 0 saturated carbocycles. The molecule has 0 aliphatic rings. The summed E-state index contributed by atoms with van der Waals surface area (Å²) in [6.45, 7) is 8.58. The molecular weight excluding hydrogens is 165 g/mol. The van der Waals surface area contributed by atoms with Crippen LogP contribution in [0.3, 0.4) is 0 Å². The molecule has 0 amide bonds. The van der Waals surface area contributed by atoms with Crippen molar-refractivity contribution in [2.24, 2.45) is 0 Å². The molecule has 1 heterocycles. The summed E-state index contributed by atoms with van der Waals surface area (Å²) in [4.78, 5) is 4.52. The zero-order valence-electron chi connectivity index (χ0n) is 8.18. The van der Waals surface area contributed by atoms with Gasteiger partial charge in [0.15, 0.2) is 0 Å². The van der Waals surface area contributed by atoms with Crippen LogP contribution in [-0.4, -0.2) is 4.98 Å². The van der Waals surface area contributed by atoms with Crippen molar-refractivity contribution in [1.29, 1.82) is 0 Å². The molecule has 1 rings (SSSR count). The highest BCUT2D eigenvalue weighted by molar-refractivity contribution is 7.27. The summed E-state index contributed by atoms with van der Waals surface area (Å²) in [6.07, 6.45) is 0. The molecule has 0 spiro atoms. The van der Waals surface area contributed by atoms with E-state index in [4.69, 9.17) is 0 Å². The first-order chi connectivity index (χ1) is 5.41. The number of pyridine rings is 1. The Hall–Kier alpha value is -0.420. The zero-order valence-corrected chi connectivity index (χ0v) is 9.33. The predicted octanol–water partition coefficient (Wildman–Crippen LogP) is 2.19. The van der Waals surface area contributed by atoms with E-state index < -0.39 is 0 Å². The van der Waals surface area contributed by atoms with Crippen LogP contribution in [0.5, 0.6) is 0 Å². The first-order valence-electron chi connectivity index (χ1n) is 4.15. The second-order valence-corrected chi connectivity index (χ2v) is 4.76. The van der Waals surface area contributed by atoms with Crippen molar-refractivity contribution >= 4 is 14.5 Å². The van der Waals surface area contributed by atoms with Gasteiger partial charge in [0.2, 0.25) is 0 Å². The van der Waals surface area contributed by atoms with Crippen molar-refractivity contribution in [1.82, 2.24) is 4.98 Å². The average molecular weight is 181 g/mol. The van der Waals surface area contributed by atoms with Gasteiger partial charge >= 0.3 is 0 Å². The molecule has 0 radical (unpaired) electrons. The Balaban J connectivity index is 3.23. The lowest BCUT2D eigenvalue weighted by molar-refractivity contribution is 0.572. The molecule has 0 bridgehead atoms. The highest BCUT2D eigenvalue weighted by atomic mass is 31.0. The second-order valence-electron chi connectivity index (χ2n) is 4.14. The smallest absolute Gasteiger partial charge is 0.0531 e. The third kappa shape index (κ3) is 2.04. The summed E-state index contributed by atoms with van der Waals surface area (Å²) in [5.74, 6) is 0. The molecule has 66 valence electrons. The predicted molar refractivity (Wildman–Crippen MR) is 57.0 cm³/mol. The highest BCUT2D eigenvalue weighted by Gasteiger charge is 2.17. The van der Waals surface area contributed by atoms with Gasteiger partial charge in [-0.15, -0.1) is 9.24 Å². The van der Waals surface area contributed by atoms with Crippen LogP contribution >= 0.6 is 9.24 Å². The van der Waals surface area contributed by atoms with Crippen molar-refractivity contribution in [3.63, 3.8) is 0 Å². The van der Waals surface area contributed by atoms with E-state index >= 15 is 0 Å². The summed E-state index contributed by atoms with van der Waals surface area (Å²) < 4.78 is 0. The SMILES string of the molecule is Cc1ccc(P)c(C(C)(C)C)n1. The lowest BCUT2D eigenvalue weighted by Gasteiger charge is -2.20. The number of rotatable bonds is 0. The summed E-state index contributed by atoms with van der Waals surface area (Å²) >= 11 is 0. The van der Waals surface area contributed by atoms with Gasteiger partial charge in [-0.3, -0.25) is 4.98 Å². The van der Waals surface area contributed by atoms with Crippen LogP contribution in [0.25, 0.3) is 0 Å². The van der Waals surface area contributed by atoms with Crippen molar-refractivity contribution < 1.29 is 0 Å². The Bertz CT molecular complexity index is 286. The lowest BCUT2D eigenvalue weighted by Crippen LogP contribution is -2.21. The standard InChI is InChI=1S/C10H16NP/c1-7-5-6-8(12)9(11-7)10(2,3)4/h5-6H,12H2,1-4H3. The molecule has 1 aromatic rings. The van der Waals surface area contributed by atoms with Crippen LogP contribution < -0.4 is 5.30 Å². The monoisotopic (exact) mass is 181 g/mol. The van der Waals surface area contributed by atoms with E-state index in [1.807, 2.05) is 13.0 Å². The Morgan fingerprint density at radius 1 is 1.25 bits per heavy atom. The van der Waals surface area contributed by atoms with Crippen molar-refractivity contribution in [3.05, 3.63) is 23.5 Å². The largest absolute Gasteiger partial charge is 0.257 e. The minimum absolute atomic E-state index is 0.142. The summed E-state index contributed by atoms with van der Waals surface area (Å²) in [5, 5.41) is 1.20.